The fourth-order valence-electron chi connectivity index (χ4n) is 4.39. The second kappa shape index (κ2) is 11.0. The molecule has 2 aliphatic heterocycles. The Balaban J connectivity index is 1.59. The molecule has 0 radical (unpaired) electrons. The van der Waals surface area contributed by atoms with Crippen molar-refractivity contribution in [1.82, 2.24) is 4.90 Å². The van der Waals surface area contributed by atoms with E-state index in [0.29, 0.717) is 32.3 Å². The number of likely N-dealkylation sites (tertiary alicyclic amines) is 1. The molecule has 186 valence electrons. The summed E-state index contributed by atoms with van der Waals surface area (Å²) in [5.74, 6) is -1.33. The van der Waals surface area contributed by atoms with Crippen molar-refractivity contribution in [2.75, 3.05) is 13.1 Å². The maximum absolute atomic E-state index is 13.8. The molecule has 3 aromatic rings. The number of allylic oxidation sites excluding steroid dienone is 3. The smallest absolute Gasteiger partial charge is 0.286 e. The summed E-state index contributed by atoms with van der Waals surface area (Å²) in [4.78, 5) is 33.2. The van der Waals surface area contributed by atoms with Crippen molar-refractivity contribution in [3.8, 4) is 0 Å². The molecule has 2 aliphatic rings. The van der Waals surface area contributed by atoms with Gasteiger partial charge in [0.1, 0.15) is 11.6 Å². The number of hydrogen-bond donors (Lipinski definition) is 0. The van der Waals surface area contributed by atoms with Crippen LogP contribution < -0.4 is 0 Å². The van der Waals surface area contributed by atoms with Gasteiger partial charge in [0.05, 0.1) is 4.91 Å². The van der Waals surface area contributed by atoms with Crippen molar-refractivity contribution >= 4 is 39.8 Å². The maximum atomic E-state index is 13.8. The molecule has 0 atom stereocenters. The topological polar surface area (TPSA) is 49.7 Å². The number of aliphatic imine (C=N–C) groups is 1. The van der Waals surface area contributed by atoms with Crippen molar-refractivity contribution in [1.29, 1.82) is 0 Å². The molecule has 0 aromatic heterocycles. The first kappa shape index (κ1) is 24.8. The minimum Gasteiger partial charge on any atom is -0.351 e. The van der Waals surface area contributed by atoms with E-state index in [9.17, 15) is 18.4 Å². The van der Waals surface area contributed by atoms with Gasteiger partial charge in [0.2, 0.25) is 0 Å². The molecule has 0 N–H and O–H groups in total. The summed E-state index contributed by atoms with van der Waals surface area (Å²) in [5, 5.41) is 0.675. The average molecular weight is 515 g/mol. The van der Waals surface area contributed by atoms with E-state index in [4.69, 9.17) is 0 Å². The van der Waals surface area contributed by atoms with Crippen molar-refractivity contribution in [3.05, 3.63) is 118 Å². The maximum Gasteiger partial charge on any atom is 0.286 e. The Morgan fingerprint density at radius 1 is 0.838 bits per heavy atom. The third kappa shape index (κ3) is 5.78. The molecule has 37 heavy (non-hydrogen) atoms. The van der Waals surface area contributed by atoms with Crippen LogP contribution in [0, 0.1) is 11.6 Å². The number of carbonyl (C=O) groups excluding carboxylic acids is 2. The summed E-state index contributed by atoms with van der Waals surface area (Å²) in [5.41, 5.74) is 3.13. The molecule has 1 fully saturated rings. The molecule has 7 heteroatoms. The first-order valence-corrected chi connectivity index (χ1v) is 12.9. The molecule has 5 rings (SSSR count). The van der Waals surface area contributed by atoms with Crippen molar-refractivity contribution < 1.29 is 18.4 Å². The first-order valence-electron chi connectivity index (χ1n) is 12.1. The minimum atomic E-state index is -0.413. The summed E-state index contributed by atoms with van der Waals surface area (Å²) in [6, 6.07) is 20.8. The number of rotatable bonds is 6. The molecular formula is C30H24F2N2O2S. The van der Waals surface area contributed by atoms with Crippen LogP contribution in [0.15, 0.2) is 94.8 Å². The Labute approximate surface area is 218 Å². The lowest BCUT2D eigenvalue weighted by atomic mass is 9.93. The molecule has 3 aromatic carbocycles. The van der Waals surface area contributed by atoms with Gasteiger partial charge in [-0.1, -0.05) is 42.5 Å². The van der Waals surface area contributed by atoms with Crippen LogP contribution in [-0.4, -0.2) is 34.8 Å². The number of amidine groups is 1. The lowest BCUT2D eigenvalue weighted by Crippen LogP contribution is -2.23. The number of thioether (sulfide) groups is 1. The van der Waals surface area contributed by atoms with Crippen LogP contribution in [-0.2, 0) is 4.79 Å². The van der Waals surface area contributed by atoms with Gasteiger partial charge in [-0.15, -0.1) is 0 Å². The van der Waals surface area contributed by atoms with Gasteiger partial charge in [0, 0.05) is 30.6 Å². The number of benzene rings is 3. The van der Waals surface area contributed by atoms with E-state index in [1.807, 2.05) is 36.4 Å². The SMILES string of the molecule is O=C1N=C(N2CCCC2)S/C1=C(/C=C(\CC(=O)c1ccc(F)cc1)c1ccccc1)c1ccc(F)cc1. The summed E-state index contributed by atoms with van der Waals surface area (Å²) in [7, 11) is 0. The standard InChI is InChI=1S/C30H24F2N2O2S/c31-24-12-8-21(9-13-24)26(28-29(36)33-30(37-28)34-16-4-5-17-34)18-23(20-6-2-1-3-7-20)19-27(35)22-10-14-25(32)15-11-22/h1-3,6-15,18H,4-5,16-17,19H2/b23-18+,28-26-. The van der Waals surface area contributed by atoms with Gasteiger partial charge in [-0.3, -0.25) is 9.59 Å². The lowest BCUT2D eigenvalue weighted by Gasteiger charge is -2.16. The summed E-state index contributed by atoms with van der Waals surface area (Å²) in [6.45, 7) is 1.71. The number of nitrogens with zero attached hydrogens (tertiary/aromatic N) is 2. The van der Waals surface area contributed by atoms with Gasteiger partial charge >= 0.3 is 0 Å². The zero-order valence-electron chi connectivity index (χ0n) is 20.0. The Morgan fingerprint density at radius 3 is 2.05 bits per heavy atom. The molecule has 4 nitrogen and oxygen atoms in total. The highest BCUT2D eigenvalue weighted by molar-refractivity contribution is 8.18. The number of hydrogen-bond acceptors (Lipinski definition) is 4. The number of amides is 1. The number of Topliss-reactive ketones (excluding diaryl/α,β-unsaturated/α-hetero) is 1. The number of halogens is 2. The zero-order valence-corrected chi connectivity index (χ0v) is 20.8. The number of carbonyl (C=O) groups is 2. The first-order chi connectivity index (χ1) is 18.0. The second-order valence-electron chi connectivity index (χ2n) is 8.89. The van der Waals surface area contributed by atoms with E-state index in [-0.39, 0.29) is 23.9 Å². The monoisotopic (exact) mass is 514 g/mol. The Bertz CT molecular complexity index is 1410. The van der Waals surface area contributed by atoms with Gasteiger partial charge in [-0.05, 0) is 83.8 Å². The van der Waals surface area contributed by atoms with Crippen LogP contribution in [0.2, 0.25) is 0 Å². The minimum absolute atomic E-state index is 0.0340. The van der Waals surface area contributed by atoms with Crippen molar-refractivity contribution in [3.63, 3.8) is 0 Å². The molecule has 0 bridgehead atoms. The largest absolute Gasteiger partial charge is 0.351 e. The van der Waals surface area contributed by atoms with Gasteiger partial charge in [-0.25, -0.2) is 8.78 Å². The molecule has 2 heterocycles. The Morgan fingerprint density at radius 2 is 1.43 bits per heavy atom. The molecule has 0 aliphatic carbocycles. The van der Waals surface area contributed by atoms with Crippen LogP contribution in [0.25, 0.3) is 11.1 Å². The van der Waals surface area contributed by atoms with Gasteiger partial charge in [-0.2, -0.15) is 4.99 Å². The van der Waals surface area contributed by atoms with Gasteiger partial charge in [0.15, 0.2) is 11.0 Å². The summed E-state index contributed by atoms with van der Waals surface area (Å²) >= 11 is 1.32. The molecule has 1 amide bonds. The molecule has 1 saturated heterocycles. The Hall–Kier alpha value is -3.84. The van der Waals surface area contributed by atoms with Crippen LogP contribution in [0.4, 0.5) is 8.78 Å². The number of ketones is 1. The van der Waals surface area contributed by atoms with E-state index < -0.39 is 5.82 Å². The fraction of sp³-hybridized carbons (Fsp3) is 0.167. The Kier molecular flexibility index (Phi) is 7.42. The quantitative estimate of drug-likeness (QED) is 0.269. The van der Waals surface area contributed by atoms with Gasteiger partial charge < -0.3 is 4.90 Å². The third-order valence-electron chi connectivity index (χ3n) is 6.34. The van der Waals surface area contributed by atoms with Gasteiger partial charge in [0.25, 0.3) is 5.91 Å². The van der Waals surface area contributed by atoms with Crippen LogP contribution in [0.5, 0.6) is 0 Å². The van der Waals surface area contributed by atoms with E-state index in [1.54, 1.807) is 12.1 Å². The summed E-state index contributed by atoms with van der Waals surface area (Å²) in [6.07, 6.45) is 3.97. The lowest BCUT2D eigenvalue weighted by molar-refractivity contribution is -0.113. The van der Waals surface area contributed by atoms with E-state index in [1.165, 1.54) is 48.2 Å². The second-order valence-corrected chi connectivity index (χ2v) is 9.87. The summed E-state index contributed by atoms with van der Waals surface area (Å²) < 4.78 is 27.2. The molecular weight excluding hydrogens is 490 g/mol. The highest BCUT2D eigenvalue weighted by atomic mass is 32.2. The molecule has 0 unspecified atom stereocenters. The normalized spacial score (nSPS) is 17.2. The van der Waals surface area contributed by atoms with E-state index in [0.717, 1.165) is 31.5 Å². The third-order valence-corrected chi connectivity index (χ3v) is 7.47. The van der Waals surface area contributed by atoms with Crippen LogP contribution in [0.1, 0.15) is 40.7 Å². The highest BCUT2D eigenvalue weighted by Gasteiger charge is 2.30. The molecule has 0 spiro atoms. The van der Waals surface area contributed by atoms with E-state index >= 15 is 0 Å². The van der Waals surface area contributed by atoms with Crippen LogP contribution >= 0.6 is 11.8 Å². The zero-order chi connectivity index (χ0) is 25.8. The van der Waals surface area contributed by atoms with Crippen LogP contribution in [0.3, 0.4) is 0 Å². The van der Waals surface area contributed by atoms with E-state index in [2.05, 4.69) is 9.89 Å². The highest BCUT2D eigenvalue weighted by Crippen LogP contribution is 2.38. The molecule has 0 saturated carbocycles. The predicted octanol–water partition coefficient (Wildman–Crippen LogP) is 6.76. The fourth-order valence-corrected chi connectivity index (χ4v) is 5.43. The average Bonchev–Trinajstić information content (AvgIpc) is 3.58. The van der Waals surface area contributed by atoms with Crippen molar-refractivity contribution in [2.24, 2.45) is 4.99 Å². The predicted molar refractivity (Wildman–Crippen MR) is 144 cm³/mol. The van der Waals surface area contributed by atoms with Crippen molar-refractivity contribution in [2.45, 2.75) is 19.3 Å².